The van der Waals surface area contributed by atoms with Crippen LogP contribution in [0.5, 0.6) is 0 Å². The number of aromatic amines is 1. The van der Waals surface area contributed by atoms with Gasteiger partial charge in [0.1, 0.15) is 0 Å². The molecule has 0 radical (unpaired) electrons. The molecule has 8 nitrogen and oxygen atoms in total. The van der Waals surface area contributed by atoms with Crippen molar-refractivity contribution in [3.8, 4) is 10.6 Å². The lowest BCUT2D eigenvalue weighted by Crippen LogP contribution is -2.29. The lowest BCUT2D eigenvalue weighted by atomic mass is 10.1. The van der Waals surface area contributed by atoms with Gasteiger partial charge < -0.3 is 20.2 Å². The molecule has 0 fully saturated rings. The molecule has 0 aliphatic carbocycles. The van der Waals surface area contributed by atoms with Gasteiger partial charge in [0.05, 0.1) is 38.7 Å². The van der Waals surface area contributed by atoms with Gasteiger partial charge >= 0.3 is 0 Å². The summed E-state index contributed by atoms with van der Waals surface area (Å²) in [5.74, 6) is 0.117. The second-order valence-corrected chi connectivity index (χ2v) is 10.1. The van der Waals surface area contributed by atoms with E-state index in [-0.39, 0.29) is 11.9 Å². The number of benzene rings is 1. The molecule has 37 heavy (non-hydrogen) atoms. The van der Waals surface area contributed by atoms with E-state index in [1.165, 1.54) is 5.39 Å². The van der Waals surface area contributed by atoms with Crippen molar-refractivity contribution in [1.82, 2.24) is 29.8 Å². The Labute approximate surface area is 217 Å². The highest BCUT2D eigenvalue weighted by Gasteiger charge is 2.20. The van der Waals surface area contributed by atoms with Crippen LogP contribution in [0.3, 0.4) is 0 Å². The number of rotatable bonds is 6. The topological polar surface area (TPSA) is 101 Å². The van der Waals surface area contributed by atoms with Crippen molar-refractivity contribution in [3.63, 3.8) is 0 Å². The van der Waals surface area contributed by atoms with Crippen molar-refractivity contribution in [3.05, 3.63) is 90.4 Å². The molecule has 9 heteroatoms. The van der Waals surface area contributed by atoms with Crippen LogP contribution in [0.25, 0.3) is 31.7 Å². The number of imidazole rings is 1. The zero-order valence-electron chi connectivity index (χ0n) is 20.6. The monoisotopic (exact) mass is 507 g/mol. The predicted molar refractivity (Wildman–Crippen MR) is 148 cm³/mol. The molecule has 0 aliphatic rings. The number of carbonyl (C=O) groups excluding carboxylic acids is 1. The molecule has 0 saturated heterocycles. The van der Waals surface area contributed by atoms with E-state index in [4.69, 9.17) is 0 Å². The van der Waals surface area contributed by atoms with Crippen LogP contribution in [0, 0.1) is 6.92 Å². The van der Waals surface area contributed by atoms with Crippen molar-refractivity contribution in [2.24, 2.45) is 7.05 Å². The summed E-state index contributed by atoms with van der Waals surface area (Å²) in [6.45, 7) is 3.99. The van der Waals surface area contributed by atoms with Gasteiger partial charge in [-0.05, 0) is 61.9 Å². The van der Waals surface area contributed by atoms with Crippen LogP contribution in [-0.4, -0.2) is 30.4 Å². The van der Waals surface area contributed by atoms with Gasteiger partial charge in [-0.3, -0.25) is 14.8 Å². The number of pyridine rings is 2. The highest BCUT2D eigenvalue weighted by atomic mass is 32.1. The molecular formula is C28H25N7OS. The van der Waals surface area contributed by atoms with Crippen molar-refractivity contribution >= 4 is 49.7 Å². The number of aryl methyl sites for hydroxylation is 1. The number of hydrogen-bond donors (Lipinski definition) is 3. The van der Waals surface area contributed by atoms with Crippen LogP contribution in [0.15, 0.2) is 73.3 Å². The first-order chi connectivity index (χ1) is 18.0. The van der Waals surface area contributed by atoms with Crippen molar-refractivity contribution in [2.45, 2.75) is 19.9 Å². The third-order valence-corrected chi connectivity index (χ3v) is 7.60. The van der Waals surface area contributed by atoms with Gasteiger partial charge in [0.25, 0.3) is 5.91 Å². The van der Waals surface area contributed by atoms with Gasteiger partial charge in [-0.2, -0.15) is 0 Å². The van der Waals surface area contributed by atoms with Gasteiger partial charge in [-0.1, -0.05) is 6.07 Å². The summed E-state index contributed by atoms with van der Waals surface area (Å²) < 4.78 is 2.87. The van der Waals surface area contributed by atoms with Gasteiger partial charge in [0, 0.05) is 47.9 Å². The molecule has 1 aromatic carbocycles. The quantitative estimate of drug-likeness (QED) is 0.252. The van der Waals surface area contributed by atoms with Gasteiger partial charge in [-0.25, -0.2) is 4.98 Å². The Morgan fingerprint density at radius 2 is 1.97 bits per heavy atom. The lowest BCUT2D eigenvalue weighted by Gasteiger charge is -2.13. The minimum Gasteiger partial charge on any atom is -0.359 e. The van der Waals surface area contributed by atoms with E-state index in [0.29, 0.717) is 5.82 Å². The fourth-order valence-electron chi connectivity index (χ4n) is 4.50. The summed E-state index contributed by atoms with van der Waals surface area (Å²) in [6.07, 6.45) is 7.01. The Hall–Kier alpha value is -4.50. The standard InChI is InChI=1S/C28H25N7OS/c1-16-11-19-12-20(6-7-21(19)32-16)34-22-8-10-30-23-13-25(37-26(22)23)24-15-31-27(35(24)3)28(36)33-17(2)18-5-4-9-29-14-18/h4-15,17,32H,1-3H3,(H,30,34)(H,33,36). The zero-order valence-corrected chi connectivity index (χ0v) is 21.4. The van der Waals surface area contributed by atoms with Crippen molar-refractivity contribution < 1.29 is 4.79 Å². The average Bonchev–Trinajstić information content (AvgIpc) is 3.60. The van der Waals surface area contributed by atoms with Crippen molar-refractivity contribution in [2.75, 3.05) is 5.32 Å². The number of hydrogen-bond acceptors (Lipinski definition) is 6. The van der Waals surface area contributed by atoms with Crippen LogP contribution in [0.1, 0.15) is 34.8 Å². The molecule has 1 amide bonds. The Bertz CT molecular complexity index is 1750. The van der Waals surface area contributed by atoms with Gasteiger partial charge in [-0.15, -0.1) is 11.3 Å². The number of carbonyl (C=O) groups is 1. The first-order valence-corrected chi connectivity index (χ1v) is 12.8. The Kier molecular flexibility index (Phi) is 5.69. The summed E-state index contributed by atoms with van der Waals surface area (Å²) >= 11 is 1.62. The van der Waals surface area contributed by atoms with Crippen LogP contribution in [0.4, 0.5) is 11.4 Å². The molecule has 6 rings (SSSR count). The summed E-state index contributed by atoms with van der Waals surface area (Å²) in [6, 6.07) is 16.1. The second kappa shape index (κ2) is 9.18. The molecule has 184 valence electrons. The summed E-state index contributed by atoms with van der Waals surface area (Å²) in [5, 5.41) is 7.73. The minimum absolute atomic E-state index is 0.182. The van der Waals surface area contributed by atoms with E-state index < -0.39 is 0 Å². The van der Waals surface area contributed by atoms with E-state index >= 15 is 0 Å². The average molecular weight is 508 g/mol. The second-order valence-electron chi connectivity index (χ2n) is 9.07. The molecule has 1 unspecified atom stereocenters. The largest absolute Gasteiger partial charge is 0.359 e. The molecule has 5 aromatic heterocycles. The van der Waals surface area contributed by atoms with E-state index in [0.717, 1.165) is 48.9 Å². The number of fused-ring (bicyclic) bond motifs is 2. The fraction of sp³-hybridized carbons (Fsp3) is 0.143. The highest BCUT2D eigenvalue weighted by molar-refractivity contribution is 7.22. The highest BCUT2D eigenvalue weighted by Crippen LogP contribution is 2.38. The number of anilines is 2. The summed E-state index contributed by atoms with van der Waals surface area (Å²) in [4.78, 5) is 30.5. The van der Waals surface area contributed by atoms with Crippen LogP contribution in [0.2, 0.25) is 0 Å². The van der Waals surface area contributed by atoms with E-state index in [1.54, 1.807) is 29.9 Å². The number of thiophene rings is 1. The number of H-pyrrole nitrogens is 1. The third-order valence-electron chi connectivity index (χ3n) is 6.42. The van der Waals surface area contributed by atoms with E-state index in [1.807, 2.05) is 49.0 Å². The maximum absolute atomic E-state index is 13.0. The molecule has 0 bridgehead atoms. The molecule has 6 aromatic rings. The first-order valence-electron chi connectivity index (χ1n) is 11.9. The lowest BCUT2D eigenvalue weighted by molar-refractivity contribution is 0.0926. The number of nitrogens with one attached hydrogen (secondary N) is 3. The maximum atomic E-state index is 13.0. The summed E-state index contributed by atoms with van der Waals surface area (Å²) in [7, 11) is 1.86. The van der Waals surface area contributed by atoms with E-state index in [2.05, 4.69) is 61.8 Å². The Balaban J connectivity index is 1.27. The zero-order chi connectivity index (χ0) is 25.5. The molecular weight excluding hydrogens is 482 g/mol. The first kappa shape index (κ1) is 22.9. The molecule has 5 heterocycles. The van der Waals surface area contributed by atoms with Crippen LogP contribution >= 0.6 is 11.3 Å². The van der Waals surface area contributed by atoms with Gasteiger partial charge in [0.2, 0.25) is 0 Å². The third kappa shape index (κ3) is 4.34. The fourth-order valence-corrected chi connectivity index (χ4v) is 5.63. The van der Waals surface area contributed by atoms with E-state index in [9.17, 15) is 4.79 Å². The van der Waals surface area contributed by atoms with Gasteiger partial charge in [0.15, 0.2) is 5.82 Å². The molecule has 3 N–H and O–H groups in total. The molecule has 1 atom stereocenters. The molecule has 0 saturated carbocycles. The number of amides is 1. The smallest absolute Gasteiger partial charge is 0.287 e. The maximum Gasteiger partial charge on any atom is 0.287 e. The number of nitrogens with zero attached hydrogens (tertiary/aromatic N) is 4. The normalized spacial score (nSPS) is 12.2. The molecule has 0 spiro atoms. The predicted octanol–water partition coefficient (Wildman–Crippen LogP) is 6.12. The summed E-state index contributed by atoms with van der Waals surface area (Å²) in [5.41, 5.74) is 6.93. The Morgan fingerprint density at radius 1 is 1.08 bits per heavy atom. The Morgan fingerprint density at radius 3 is 2.81 bits per heavy atom. The number of aromatic nitrogens is 5. The SMILES string of the molecule is Cc1cc2cc(Nc3ccnc4cc(-c5cnc(C(=O)NC(C)c6cccnc6)n5C)sc34)ccc2[nH]1. The molecule has 0 aliphatic heterocycles. The van der Waals surface area contributed by atoms with Crippen LogP contribution in [-0.2, 0) is 7.05 Å². The minimum atomic E-state index is -0.234. The van der Waals surface area contributed by atoms with Crippen molar-refractivity contribution in [1.29, 1.82) is 0 Å². The van der Waals surface area contributed by atoms with Crippen LogP contribution < -0.4 is 10.6 Å².